The molecule has 2 rings (SSSR count). The lowest BCUT2D eigenvalue weighted by Crippen LogP contribution is -2.10. The normalized spacial score (nSPS) is 9.94. The summed E-state index contributed by atoms with van der Waals surface area (Å²) in [5.74, 6) is 0.275. The third-order valence-corrected chi connectivity index (χ3v) is 2.57. The minimum atomic E-state index is -0.298. The summed E-state index contributed by atoms with van der Waals surface area (Å²) in [7, 11) is 0. The number of esters is 1. The molecule has 86 valence electrons. The van der Waals surface area contributed by atoms with Crippen LogP contribution in [0.3, 0.4) is 0 Å². The van der Waals surface area contributed by atoms with Crippen LogP contribution in [0.4, 0.5) is 0 Å². The Morgan fingerprint density at radius 1 is 1.00 bits per heavy atom. The summed E-state index contributed by atoms with van der Waals surface area (Å²) in [6.07, 6.45) is 0.820. The van der Waals surface area contributed by atoms with E-state index in [1.807, 2.05) is 43.3 Å². The van der Waals surface area contributed by atoms with Gasteiger partial charge < -0.3 is 4.74 Å². The van der Waals surface area contributed by atoms with Crippen LogP contribution in [0.5, 0.6) is 5.75 Å². The highest BCUT2D eigenvalue weighted by Gasteiger charge is 2.11. The number of hydrogen-bond donors (Lipinski definition) is 0. The number of para-hydroxylation sites is 1. The van der Waals surface area contributed by atoms with Crippen molar-refractivity contribution in [1.82, 2.24) is 0 Å². The zero-order valence-corrected chi connectivity index (χ0v) is 9.72. The fourth-order valence-corrected chi connectivity index (χ4v) is 1.68. The van der Waals surface area contributed by atoms with E-state index in [1.165, 1.54) is 0 Å². The SMILES string of the molecule is CCc1ccccc1C(=O)Oc1ccccc1. The first-order valence-electron chi connectivity index (χ1n) is 5.66. The summed E-state index contributed by atoms with van der Waals surface area (Å²) in [6.45, 7) is 2.02. The van der Waals surface area contributed by atoms with Gasteiger partial charge in [-0.15, -0.1) is 0 Å². The minimum absolute atomic E-state index is 0.298. The van der Waals surface area contributed by atoms with Crippen LogP contribution in [0.15, 0.2) is 54.6 Å². The lowest BCUT2D eigenvalue weighted by molar-refractivity contribution is 0.0733. The van der Waals surface area contributed by atoms with E-state index in [2.05, 4.69) is 0 Å². The molecule has 0 saturated carbocycles. The van der Waals surface area contributed by atoms with Gasteiger partial charge in [-0.05, 0) is 30.2 Å². The smallest absolute Gasteiger partial charge is 0.343 e. The van der Waals surface area contributed by atoms with E-state index >= 15 is 0 Å². The maximum Gasteiger partial charge on any atom is 0.343 e. The molecule has 0 saturated heterocycles. The molecule has 0 atom stereocenters. The summed E-state index contributed by atoms with van der Waals surface area (Å²) >= 11 is 0. The van der Waals surface area contributed by atoms with Crippen molar-refractivity contribution in [3.05, 3.63) is 65.7 Å². The zero-order chi connectivity index (χ0) is 12.1. The molecule has 0 bridgehead atoms. The Hall–Kier alpha value is -2.09. The first-order valence-corrected chi connectivity index (χ1v) is 5.66. The molecule has 0 amide bonds. The molecule has 0 N–H and O–H groups in total. The van der Waals surface area contributed by atoms with Gasteiger partial charge in [0.15, 0.2) is 0 Å². The molecule has 2 nitrogen and oxygen atoms in total. The summed E-state index contributed by atoms with van der Waals surface area (Å²) in [5, 5.41) is 0. The zero-order valence-electron chi connectivity index (χ0n) is 9.72. The van der Waals surface area contributed by atoms with Crippen molar-refractivity contribution >= 4 is 5.97 Å². The molecule has 0 radical (unpaired) electrons. The standard InChI is InChI=1S/C15H14O2/c1-2-12-8-6-7-11-14(12)15(16)17-13-9-4-3-5-10-13/h3-11H,2H2,1H3. The molecule has 0 spiro atoms. The first kappa shape index (κ1) is 11.4. The van der Waals surface area contributed by atoms with Gasteiger partial charge in [0, 0.05) is 0 Å². The minimum Gasteiger partial charge on any atom is -0.423 e. The Kier molecular flexibility index (Phi) is 3.55. The van der Waals surface area contributed by atoms with Gasteiger partial charge in [0.1, 0.15) is 5.75 Å². The largest absolute Gasteiger partial charge is 0.423 e. The van der Waals surface area contributed by atoms with Crippen LogP contribution in [0.1, 0.15) is 22.8 Å². The Balaban J connectivity index is 2.20. The Labute approximate surface area is 101 Å². The maximum atomic E-state index is 12.0. The van der Waals surface area contributed by atoms with Crippen molar-refractivity contribution in [1.29, 1.82) is 0 Å². The average Bonchev–Trinajstić information content (AvgIpc) is 2.40. The van der Waals surface area contributed by atoms with Crippen LogP contribution in [0.25, 0.3) is 0 Å². The first-order chi connectivity index (χ1) is 8.31. The van der Waals surface area contributed by atoms with Crippen LogP contribution in [-0.4, -0.2) is 5.97 Å². The van der Waals surface area contributed by atoms with E-state index in [0.29, 0.717) is 11.3 Å². The van der Waals surface area contributed by atoms with Crippen molar-refractivity contribution < 1.29 is 9.53 Å². The molecule has 0 aromatic heterocycles. The van der Waals surface area contributed by atoms with Crippen molar-refractivity contribution in [3.63, 3.8) is 0 Å². The van der Waals surface area contributed by atoms with Gasteiger partial charge in [-0.25, -0.2) is 4.79 Å². The van der Waals surface area contributed by atoms with Crippen LogP contribution in [0.2, 0.25) is 0 Å². The fraction of sp³-hybridized carbons (Fsp3) is 0.133. The number of ether oxygens (including phenoxy) is 1. The molecule has 17 heavy (non-hydrogen) atoms. The topological polar surface area (TPSA) is 26.3 Å². The van der Waals surface area contributed by atoms with Crippen LogP contribution >= 0.6 is 0 Å². The van der Waals surface area contributed by atoms with Gasteiger partial charge in [-0.3, -0.25) is 0 Å². The van der Waals surface area contributed by atoms with Crippen molar-refractivity contribution in [3.8, 4) is 5.75 Å². The molecule has 0 unspecified atom stereocenters. The molecular formula is C15H14O2. The van der Waals surface area contributed by atoms with Gasteiger partial charge in [0.2, 0.25) is 0 Å². The summed E-state index contributed by atoms with van der Waals surface area (Å²) < 4.78 is 5.30. The molecule has 2 heteroatoms. The monoisotopic (exact) mass is 226 g/mol. The lowest BCUT2D eigenvalue weighted by atomic mass is 10.1. The van der Waals surface area contributed by atoms with E-state index in [0.717, 1.165) is 12.0 Å². The number of rotatable bonds is 3. The Bertz CT molecular complexity index is 503. The number of benzene rings is 2. The van der Waals surface area contributed by atoms with E-state index in [4.69, 9.17) is 4.74 Å². The number of aryl methyl sites for hydroxylation is 1. The predicted molar refractivity (Wildman–Crippen MR) is 67.2 cm³/mol. The lowest BCUT2D eigenvalue weighted by Gasteiger charge is -2.07. The second kappa shape index (κ2) is 5.30. The van der Waals surface area contributed by atoms with Crippen LogP contribution < -0.4 is 4.74 Å². The Morgan fingerprint density at radius 3 is 2.35 bits per heavy atom. The van der Waals surface area contributed by atoms with Gasteiger partial charge in [0.25, 0.3) is 0 Å². The molecule has 0 fully saturated rings. The van der Waals surface area contributed by atoms with Crippen molar-refractivity contribution in [2.45, 2.75) is 13.3 Å². The second-order valence-electron chi connectivity index (χ2n) is 3.71. The predicted octanol–water partition coefficient (Wildman–Crippen LogP) is 3.47. The quantitative estimate of drug-likeness (QED) is 0.591. The van der Waals surface area contributed by atoms with Crippen LogP contribution in [-0.2, 0) is 6.42 Å². The van der Waals surface area contributed by atoms with E-state index < -0.39 is 0 Å². The molecule has 2 aromatic rings. The van der Waals surface area contributed by atoms with Gasteiger partial charge in [-0.2, -0.15) is 0 Å². The maximum absolute atomic E-state index is 12.0. The highest BCUT2D eigenvalue weighted by molar-refractivity contribution is 5.92. The molecule has 0 heterocycles. The molecule has 2 aromatic carbocycles. The van der Waals surface area contributed by atoms with Crippen LogP contribution in [0, 0.1) is 0 Å². The summed E-state index contributed by atoms with van der Waals surface area (Å²) in [5.41, 5.74) is 1.65. The molecular weight excluding hydrogens is 212 g/mol. The second-order valence-corrected chi connectivity index (χ2v) is 3.71. The van der Waals surface area contributed by atoms with Gasteiger partial charge >= 0.3 is 5.97 Å². The number of carbonyl (C=O) groups is 1. The molecule has 0 aliphatic rings. The number of hydrogen-bond acceptors (Lipinski definition) is 2. The highest BCUT2D eigenvalue weighted by atomic mass is 16.5. The Morgan fingerprint density at radius 2 is 1.65 bits per heavy atom. The third kappa shape index (κ3) is 2.72. The van der Waals surface area contributed by atoms with Crippen molar-refractivity contribution in [2.24, 2.45) is 0 Å². The average molecular weight is 226 g/mol. The van der Waals surface area contributed by atoms with E-state index in [9.17, 15) is 4.79 Å². The van der Waals surface area contributed by atoms with Gasteiger partial charge in [0.05, 0.1) is 5.56 Å². The van der Waals surface area contributed by atoms with E-state index in [1.54, 1.807) is 18.2 Å². The molecule has 0 aliphatic heterocycles. The fourth-order valence-electron chi connectivity index (χ4n) is 1.68. The number of carbonyl (C=O) groups excluding carboxylic acids is 1. The summed E-state index contributed by atoms with van der Waals surface area (Å²) in [6, 6.07) is 16.6. The van der Waals surface area contributed by atoms with Gasteiger partial charge in [-0.1, -0.05) is 43.3 Å². The van der Waals surface area contributed by atoms with Crippen molar-refractivity contribution in [2.75, 3.05) is 0 Å². The van der Waals surface area contributed by atoms with E-state index in [-0.39, 0.29) is 5.97 Å². The summed E-state index contributed by atoms with van der Waals surface area (Å²) in [4.78, 5) is 12.0. The third-order valence-electron chi connectivity index (χ3n) is 2.57. The highest BCUT2D eigenvalue weighted by Crippen LogP contribution is 2.15. The molecule has 0 aliphatic carbocycles.